The van der Waals surface area contributed by atoms with Crippen LogP contribution >= 0.6 is 23.2 Å². The number of nitrogens with one attached hydrogen (secondary N) is 1. The van der Waals surface area contributed by atoms with Crippen LogP contribution in [0.25, 0.3) is 0 Å². The number of nitro groups is 1. The van der Waals surface area contributed by atoms with E-state index in [0.29, 0.717) is 6.61 Å². The predicted octanol–water partition coefficient (Wildman–Crippen LogP) is 3.03. The number of hydrogen-bond acceptors (Lipinski definition) is 4. The van der Waals surface area contributed by atoms with E-state index in [1.807, 2.05) is 0 Å². The van der Waals surface area contributed by atoms with Crippen LogP contribution in [0, 0.1) is 10.1 Å². The molecule has 5 nitrogen and oxygen atoms in total. The fourth-order valence-corrected chi connectivity index (χ4v) is 2.18. The van der Waals surface area contributed by atoms with Gasteiger partial charge in [-0.25, -0.2) is 0 Å². The molecule has 1 aliphatic rings. The van der Waals surface area contributed by atoms with Gasteiger partial charge in [-0.2, -0.15) is 0 Å². The summed E-state index contributed by atoms with van der Waals surface area (Å²) in [4.78, 5) is 10.4. The largest absolute Gasteiger partial charge is 0.485 e. The highest BCUT2D eigenvalue weighted by atomic mass is 35.5. The third-order valence-electron chi connectivity index (χ3n) is 2.80. The maximum atomic E-state index is 10.9. The number of ether oxygens (including phenoxy) is 1. The van der Waals surface area contributed by atoms with Crippen molar-refractivity contribution in [3.63, 3.8) is 0 Å². The van der Waals surface area contributed by atoms with Crippen molar-refractivity contribution >= 4 is 28.9 Å². The molecule has 1 aromatic carbocycles. The molecule has 0 radical (unpaired) electrons. The Bertz CT molecular complexity index is 462. The second kappa shape index (κ2) is 5.73. The minimum absolute atomic E-state index is 0.148. The van der Waals surface area contributed by atoms with Crippen LogP contribution in [-0.2, 0) is 0 Å². The van der Waals surface area contributed by atoms with Crippen molar-refractivity contribution < 1.29 is 9.66 Å². The smallest absolute Gasteiger partial charge is 0.312 e. The Morgan fingerprint density at radius 1 is 1.44 bits per heavy atom. The van der Waals surface area contributed by atoms with Gasteiger partial charge in [-0.3, -0.25) is 10.1 Å². The number of nitrogens with zero attached hydrogens (tertiary/aromatic N) is 1. The lowest BCUT2D eigenvalue weighted by Crippen LogP contribution is -2.28. The highest BCUT2D eigenvalue weighted by molar-refractivity contribution is 6.42. The molecule has 0 spiro atoms. The highest BCUT2D eigenvalue weighted by Gasteiger charge is 2.21. The summed E-state index contributed by atoms with van der Waals surface area (Å²) in [5.74, 6) is 0.156. The summed E-state index contributed by atoms with van der Waals surface area (Å²) in [5.41, 5.74) is -0.164. The fourth-order valence-electron chi connectivity index (χ4n) is 1.87. The maximum absolute atomic E-state index is 10.9. The van der Waals surface area contributed by atoms with Crippen molar-refractivity contribution in [1.82, 2.24) is 5.32 Å². The molecule has 2 rings (SSSR count). The molecule has 1 aromatic rings. The van der Waals surface area contributed by atoms with Crippen LogP contribution in [-0.4, -0.2) is 24.1 Å². The zero-order chi connectivity index (χ0) is 13.1. The topological polar surface area (TPSA) is 64.4 Å². The summed E-state index contributed by atoms with van der Waals surface area (Å²) < 4.78 is 5.47. The Balaban J connectivity index is 2.14. The molecule has 0 bridgehead atoms. The van der Waals surface area contributed by atoms with Crippen molar-refractivity contribution in [3.05, 3.63) is 32.3 Å². The molecule has 0 aliphatic carbocycles. The minimum Gasteiger partial charge on any atom is -0.485 e. The molecule has 1 fully saturated rings. The quantitative estimate of drug-likeness (QED) is 0.684. The standard InChI is InChI=1S/C11H12Cl2N2O3/c12-8-4-10(15(16)17)11(5-9(8)13)18-6-7-2-1-3-14-7/h4-5,7,14H,1-3,6H2. The third-order valence-corrected chi connectivity index (χ3v) is 3.52. The molecule has 1 saturated heterocycles. The first-order chi connectivity index (χ1) is 8.58. The van der Waals surface area contributed by atoms with E-state index >= 15 is 0 Å². The molecule has 7 heteroatoms. The van der Waals surface area contributed by atoms with Crippen LogP contribution < -0.4 is 10.1 Å². The van der Waals surface area contributed by atoms with Crippen LogP contribution in [0.3, 0.4) is 0 Å². The SMILES string of the molecule is O=[N+]([O-])c1cc(Cl)c(Cl)cc1OCC1CCCN1. The van der Waals surface area contributed by atoms with Crippen molar-refractivity contribution in [3.8, 4) is 5.75 Å². The van der Waals surface area contributed by atoms with Gasteiger partial charge >= 0.3 is 5.69 Å². The molecule has 0 saturated carbocycles. The monoisotopic (exact) mass is 290 g/mol. The van der Waals surface area contributed by atoms with Gasteiger partial charge in [-0.05, 0) is 19.4 Å². The lowest BCUT2D eigenvalue weighted by atomic mass is 10.2. The molecule has 1 heterocycles. The summed E-state index contributed by atoms with van der Waals surface area (Å²) in [5, 5.41) is 14.5. The molecule has 18 heavy (non-hydrogen) atoms. The van der Waals surface area contributed by atoms with E-state index in [9.17, 15) is 10.1 Å². The van der Waals surface area contributed by atoms with Crippen molar-refractivity contribution in [2.45, 2.75) is 18.9 Å². The average molecular weight is 291 g/mol. The number of benzene rings is 1. The average Bonchev–Trinajstić information content (AvgIpc) is 2.83. The van der Waals surface area contributed by atoms with Gasteiger partial charge in [0, 0.05) is 18.2 Å². The van der Waals surface area contributed by atoms with E-state index in [1.54, 1.807) is 0 Å². The molecular weight excluding hydrogens is 279 g/mol. The Hall–Kier alpha value is -1.04. The molecule has 1 atom stereocenters. The summed E-state index contributed by atoms with van der Waals surface area (Å²) in [6.07, 6.45) is 2.10. The number of nitro benzene ring substituents is 1. The van der Waals surface area contributed by atoms with Crippen LogP contribution in [0.2, 0.25) is 10.0 Å². The Morgan fingerprint density at radius 3 is 2.78 bits per heavy atom. The molecule has 1 unspecified atom stereocenters. The predicted molar refractivity (Wildman–Crippen MR) is 69.6 cm³/mol. The second-order valence-electron chi connectivity index (χ2n) is 4.10. The van der Waals surface area contributed by atoms with Crippen LogP contribution in [0.15, 0.2) is 12.1 Å². The van der Waals surface area contributed by atoms with Crippen molar-refractivity contribution in [2.24, 2.45) is 0 Å². The summed E-state index contributed by atoms with van der Waals surface area (Å²) >= 11 is 11.6. The van der Waals surface area contributed by atoms with Gasteiger partial charge in [0.15, 0.2) is 5.75 Å². The normalized spacial score (nSPS) is 18.9. The van der Waals surface area contributed by atoms with Gasteiger partial charge in [0.2, 0.25) is 0 Å². The number of rotatable bonds is 4. The number of hydrogen-bond donors (Lipinski definition) is 1. The fraction of sp³-hybridized carbons (Fsp3) is 0.455. The zero-order valence-electron chi connectivity index (χ0n) is 9.49. The lowest BCUT2D eigenvalue weighted by Gasteiger charge is -2.12. The van der Waals surface area contributed by atoms with Gasteiger partial charge in [0.1, 0.15) is 6.61 Å². The molecule has 0 amide bonds. The van der Waals surface area contributed by atoms with E-state index in [-0.39, 0.29) is 27.5 Å². The van der Waals surface area contributed by atoms with E-state index in [2.05, 4.69) is 5.32 Å². The van der Waals surface area contributed by atoms with E-state index < -0.39 is 4.92 Å². The third kappa shape index (κ3) is 3.04. The van der Waals surface area contributed by atoms with Crippen molar-refractivity contribution in [1.29, 1.82) is 0 Å². The summed E-state index contributed by atoms with van der Waals surface area (Å²) in [6.45, 7) is 1.34. The molecule has 1 N–H and O–H groups in total. The van der Waals surface area contributed by atoms with Crippen LogP contribution in [0.5, 0.6) is 5.75 Å². The maximum Gasteiger partial charge on any atom is 0.312 e. The van der Waals surface area contributed by atoms with Gasteiger partial charge in [0.05, 0.1) is 15.0 Å². The van der Waals surface area contributed by atoms with Gasteiger partial charge in [-0.15, -0.1) is 0 Å². The first-order valence-corrected chi connectivity index (χ1v) is 6.33. The van der Waals surface area contributed by atoms with Crippen LogP contribution in [0.1, 0.15) is 12.8 Å². The van der Waals surface area contributed by atoms with Crippen molar-refractivity contribution in [2.75, 3.05) is 13.2 Å². The summed E-state index contributed by atoms with van der Waals surface area (Å²) in [7, 11) is 0. The van der Waals surface area contributed by atoms with E-state index in [0.717, 1.165) is 19.4 Å². The Labute approximate surface area is 114 Å². The van der Waals surface area contributed by atoms with Gasteiger partial charge < -0.3 is 10.1 Å². The van der Waals surface area contributed by atoms with E-state index in [1.165, 1.54) is 12.1 Å². The molecule has 1 aliphatic heterocycles. The zero-order valence-corrected chi connectivity index (χ0v) is 11.0. The minimum atomic E-state index is -0.528. The highest BCUT2D eigenvalue weighted by Crippen LogP contribution is 2.35. The Kier molecular flexibility index (Phi) is 4.27. The van der Waals surface area contributed by atoms with Gasteiger partial charge in [-0.1, -0.05) is 23.2 Å². The number of halogens is 2. The Morgan fingerprint density at radius 2 is 2.17 bits per heavy atom. The van der Waals surface area contributed by atoms with E-state index in [4.69, 9.17) is 27.9 Å². The second-order valence-corrected chi connectivity index (χ2v) is 4.91. The van der Waals surface area contributed by atoms with Crippen LogP contribution in [0.4, 0.5) is 5.69 Å². The lowest BCUT2D eigenvalue weighted by molar-refractivity contribution is -0.385. The summed E-state index contributed by atoms with van der Waals surface area (Å²) in [6, 6.07) is 2.83. The molecule has 98 valence electrons. The van der Waals surface area contributed by atoms with Gasteiger partial charge in [0.25, 0.3) is 0 Å². The first-order valence-electron chi connectivity index (χ1n) is 5.57. The molecular formula is C11H12Cl2N2O3. The first kappa shape index (κ1) is 13.4. The molecule has 0 aromatic heterocycles.